The Morgan fingerprint density at radius 2 is 2.00 bits per heavy atom. The van der Waals surface area contributed by atoms with Gasteiger partial charge in [-0.25, -0.2) is 4.79 Å². The van der Waals surface area contributed by atoms with Gasteiger partial charge in [0, 0.05) is 11.6 Å². The molecule has 0 saturated heterocycles. The predicted octanol–water partition coefficient (Wildman–Crippen LogP) is 1.50. The molecule has 0 rings (SSSR count). The second kappa shape index (κ2) is 4.46. The van der Waals surface area contributed by atoms with Crippen LogP contribution in [-0.4, -0.2) is 34.2 Å². The molecule has 0 aromatic rings. The van der Waals surface area contributed by atoms with Gasteiger partial charge in [0.2, 0.25) is 0 Å². The minimum absolute atomic E-state index is 0.0255. The summed E-state index contributed by atoms with van der Waals surface area (Å²) in [5.41, 5.74) is 5.03. The van der Waals surface area contributed by atoms with Crippen molar-refractivity contribution in [3.63, 3.8) is 0 Å². The third-order valence-corrected chi connectivity index (χ3v) is 1.95. The van der Waals surface area contributed by atoms with Gasteiger partial charge in [-0.15, -0.1) is 0 Å². The van der Waals surface area contributed by atoms with Gasteiger partial charge >= 0.3 is 6.09 Å². The van der Waals surface area contributed by atoms with Crippen molar-refractivity contribution in [2.75, 3.05) is 6.54 Å². The quantitative estimate of drug-likeness (QED) is 0.705. The number of carbonyl (C=O) groups is 1. The molecule has 0 heterocycles. The van der Waals surface area contributed by atoms with Gasteiger partial charge < -0.3 is 15.7 Å². The summed E-state index contributed by atoms with van der Waals surface area (Å²) in [7, 11) is 0. The van der Waals surface area contributed by atoms with Crippen LogP contribution in [0.3, 0.4) is 0 Å². The van der Waals surface area contributed by atoms with Crippen LogP contribution in [0, 0.1) is 0 Å². The molecule has 0 bridgehead atoms. The predicted molar refractivity (Wildman–Crippen MR) is 52.8 cm³/mol. The lowest BCUT2D eigenvalue weighted by Gasteiger charge is -2.37. The molecule has 78 valence electrons. The Balaban J connectivity index is 4.52. The Morgan fingerprint density at radius 3 is 2.23 bits per heavy atom. The number of hydrogen-bond donors (Lipinski definition) is 2. The zero-order valence-corrected chi connectivity index (χ0v) is 8.87. The second-order valence-corrected chi connectivity index (χ2v) is 4.25. The van der Waals surface area contributed by atoms with E-state index in [-0.39, 0.29) is 11.6 Å². The Morgan fingerprint density at radius 1 is 1.54 bits per heavy atom. The maximum absolute atomic E-state index is 10.9. The van der Waals surface area contributed by atoms with Crippen molar-refractivity contribution in [1.82, 2.24) is 4.90 Å². The van der Waals surface area contributed by atoms with E-state index in [4.69, 9.17) is 10.8 Å². The highest BCUT2D eigenvalue weighted by atomic mass is 16.4. The summed E-state index contributed by atoms with van der Waals surface area (Å²) < 4.78 is 0. The average molecular weight is 188 g/mol. The smallest absolute Gasteiger partial charge is 0.407 e. The Hall–Kier alpha value is -0.770. The molecule has 4 heteroatoms. The molecule has 0 aliphatic rings. The van der Waals surface area contributed by atoms with Crippen LogP contribution in [0.2, 0.25) is 0 Å². The minimum Gasteiger partial charge on any atom is -0.465 e. The van der Waals surface area contributed by atoms with Crippen LogP contribution >= 0.6 is 0 Å². The van der Waals surface area contributed by atoms with E-state index >= 15 is 0 Å². The van der Waals surface area contributed by atoms with E-state index in [0.29, 0.717) is 13.0 Å². The molecule has 0 saturated carbocycles. The number of amides is 1. The van der Waals surface area contributed by atoms with Crippen molar-refractivity contribution >= 4 is 6.09 Å². The van der Waals surface area contributed by atoms with E-state index in [2.05, 4.69) is 0 Å². The van der Waals surface area contributed by atoms with Crippen LogP contribution < -0.4 is 5.73 Å². The maximum atomic E-state index is 10.9. The standard InChI is InChI=1S/C9H20N2O2/c1-7(5-6-10)11(8(12)13)9(2,3)4/h7H,5-6,10H2,1-4H3,(H,12,13). The number of nitrogens with zero attached hydrogens (tertiary/aromatic N) is 1. The Kier molecular flexibility index (Phi) is 4.20. The summed E-state index contributed by atoms with van der Waals surface area (Å²) in [5, 5.41) is 8.99. The van der Waals surface area contributed by atoms with Crippen LogP contribution in [0.5, 0.6) is 0 Å². The van der Waals surface area contributed by atoms with Gasteiger partial charge in [0.05, 0.1) is 0 Å². The molecule has 1 unspecified atom stereocenters. The third-order valence-electron chi connectivity index (χ3n) is 1.95. The van der Waals surface area contributed by atoms with E-state index < -0.39 is 6.09 Å². The lowest BCUT2D eigenvalue weighted by atomic mass is 10.0. The molecule has 1 atom stereocenters. The number of carboxylic acid groups (broad SMARTS) is 1. The maximum Gasteiger partial charge on any atom is 0.407 e. The van der Waals surface area contributed by atoms with Crippen molar-refractivity contribution in [2.45, 2.75) is 45.7 Å². The van der Waals surface area contributed by atoms with Crippen molar-refractivity contribution in [2.24, 2.45) is 5.73 Å². The summed E-state index contributed by atoms with van der Waals surface area (Å²) >= 11 is 0. The molecule has 13 heavy (non-hydrogen) atoms. The van der Waals surface area contributed by atoms with Gasteiger partial charge in [0.25, 0.3) is 0 Å². The fourth-order valence-corrected chi connectivity index (χ4v) is 1.51. The molecule has 1 amide bonds. The van der Waals surface area contributed by atoms with Gasteiger partial charge in [-0.1, -0.05) is 0 Å². The van der Waals surface area contributed by atoms with Gasteiger partial charge in [0.15, 0.2) is 0 Å². The lowest BCUT2D eigenvalue weighted by molar-refractivity contribution is 0.0736. The van der Waals surface area contributed by atoms with E-state index in [9.17, 15) is 4.79 Å². The van der Waals surface area contributed by atoms with Crippen molar-refractivity contribution in [1.29, 1.82) is 0 Å². The van der Waals surface area contributed by atoms with E-state index in [1.165, 1.54) is 4.90 Å². The molecular weight excluding hydrogens is 168 g/mol. The fourth-order valence-electron chi connectivity index (χ4n) is 1.51. The van der Waals surface area contributed by atoms with E-state index in [0.717, 1.165) is 0 Å². The van der Waals surface area contributed by atoms with Crippen molar-refractivity contribution < 1.29 is 9.90 Å². The van der Waals surface area contributed by atoms with Crippen molar-refractivity contribution in [3.8, 4) is 0 Å². The fraction of sp³-hybridized carbons (Fsp3) is 0.889. The SMILES string of the molecule is CC(CCN)N(C(=O)O)C(C)(C)C. The summed E-state index contributed by atoms with van der Waals surface area (Å²) in [6.07, 6.45) is -0.183. The van der Waals surface area contributed by atoms with Crippen LogP contribution in [0.1, 0.15) is 34.1 Å². The molecule has 3 N–H and O–H groups in total. The molecule has 0 spiro atoms. The first kappa shape index (κ1) is 12.2. The highest BCUT2D eigenvalue weighted by molar-refractivity contribution is 5.66. The monoisotopic (exact) mass is 188 g/mol. The first-order valence-electron chi connectivity index (χ1n) is 4.53. The average Bonchev–Trinajstić information content (AvgIpc) is 1.82. The van der Waals surface area contributed by atoms with Gasteiger partial charge in [0.1, 0.15) is 0 Å². The summed E-state index contributed by atoms with van der Waals surface area (Å²) in [6.45, 7) is 8.05. The molecule has 0 aromatic heterocycles. The summed E-state index contributed by atoms with van der Waals surface area (Å²) in [4.78, 5) is 12.4. The highest BCUT2D eigenvalue weighted by Gasteiger charge is 2.29. The number of nitrogens with two attached hydrogens (primary N) is 1. The van der Waals surface area contributed by atoms with Gasteiger partial charge in [-0.05, 0) is 40.7 Å². The minimum atomic E-state index is -0.881. The first-order chi connectivity index (χ1) is 5.80. The molecule has 0 aliphatic carbocycles. The first-order valence-corrected chi connectivity index (χ1v) is 4.53. The van der Waals surface area contributed by atoms with Crippen LogP contribution in [0.15, 0.2) is 0 Å². The molecular formula is C9H20N2O2. The number of rotatable bonds is 3. The molecule has 0 fully saturated rings. The molecule has 4 nitrogen and oxygen atoms in total. The van der Waals surface area contributed by atoms with Gasteiger partial charge in [-0.3, -0.25) is 0 Å². The Labute approximate surface area is 79.7 Å². The lowest BCUT2D eigenvalue weighted by Crippen LogP contribution is -2.50. The highest BCUT2D eigenvalue weighted by Crippen LogP contribution is 2.18. The van der Waals surface area contributed by atoms with E-state index in [1.807, 2.05) is 27.7 Å². The Bertz CT molecular complexity index is 175. The zero-order valence-electron chi connectivity index (χ0n) is 8.87. The molecule has 0 radical (unpaired) electrons. The zero-order chi connectivity index (χ0) is 10.6. The van der Waals surface area contributed by atoms with Crippen LogP contribution in [0.4, 0.5) is 4.79 Å². The second-order valence-electron chi connectivity index (χ2n) is 4.25. The normalized spacial score (nSPS) is 13.9. The van der Waals surface area contributed by atoms with E-state index in [1.54, 1.807) is 0 Å². The van der Waals surface area contributed by atoms with Crippen molar-refractivity contribution in [3.05, 3.63) is 0 Å². The van der Waals surface area contributed by atoms with Crippen LogP contribution in [-0.2, 0) is 0 Å². The topological polar surface area (TPSA) is 66.6 Å². The summed E-state index contributed by atoms with van der Waals surface area (Å²) in [5.74, 6) is 0. The molecule has 0 aromatic carbocycles. The largest absolute Gasteiger partial charge is 0.465 e. The van der Waals surface area contributed by atoms with Crippen LogP contribution in [0.25, 0.3) is 0 Å². The summed E-state index contributed by atoms with van der Waals surface area (Å²) in [6, 6.07) is -0.0255. The van der Waals surface area contributed by atoms with Gasteiger partial charge in [-0.2, -0.15) is 0 Å². The molecule has 0 aliphatic heterocycles. The number of hydrogen-bond acceptors (Lipinski definition) is 2. The third kappa shape index (κ3) is 3.63.